The van der Waals surface area contributed by atoms with E-state index < -0.39 is 26.5 Å². The number of hydrogen-bond donors (Lipinski definition) is 1. The SMILES string of the molecule is CCCCC/C=C\CC1OC1CCCCCCCC(=O)OC[C@H](COP(=O)(O)OCC[N+](C)(C)C)OC(=O)CCCCCCCCCCCCC/C=C\CCCCCCCC. The first-order chi connectivity index (χ1) is 29.5. The third kappa shape index (κ3) is 39.8. The van der Waals surface area contributed by atoms with Crippen LogP contribution in [-0.2, 0) is 37.4 Å². The van der Waals surface area contributed by atoms with Crippen molar-refractivity contribution in [3.8, 4) is 0 Å². The van der Waals surface area contributed by atoms with Crippen LogP contribution in [0.2, 0.25) is 0 Å². The summed E-state index contributed by atoms with van der Waals surface area (Å²) in [5.41, 5.74) is 0. The van der Waals surface area contributed by atoms with Crippen molar-refractivity contribution in [2.24, 2.45) is 0 Å². The number of phosphoric ester groups is 1. The number of rotatable bonds is 45. The largest absolute Gasteiger partial charge is 0.472 e. The van der Waals surface area contributed by atoms with E-state index in [1.54, 1.807) is 0 Å². The van der Waals surface area contributed by atoms with Gasteiger partial charge in [-0.1, -0.05) is 167 Å². The summed E-state index contributed by atoms with van der Waals surface area (Å²) in [5.74, 6) is -0.815. The zero-order chi connectivity index (χ0) is 44.7. The number of unbranched alkanes of at least 4 members (excludes halogenated alkanes) is 24. The molecular weight excluding hydrogens is 790 g/mol. The van der Waals surface area contributed by atoms with Crippen molar-refractivity contribution in [2.45, 2.75) is 238 Å². The summed E-state index contributed by atoms with van der Waals surface area (Å²) in [7, 11) is 1.47. The molecule has 1 heterocycles. The van der Waals surface area contributed by atoms with Gasteiger partial charge in [0.15, 0.2) is 6.10 Å². The van der Waals surface area contributed by atoms with E-state index in [9.17, 15) is 19.0 Å². The maximum absolute atomic E-state index is 12.8. The number of allylic oxidation sites excluding steroid dienone is 3. The lowest BCUT2D eigenvalue weighted by Crippen LogP contribution is -2.37. The van der Waals surface area contributed by atoms with Gasteiger partial charge >= 0.3 is 19.8 Å². The average molecular weight is 885 g/mol. The number of phosphoric acid groups is 1. The first-order valence-corrected chi connectivity index (χ1v) is 26.7. The molecule has 10 nitrogen and oxygen atoms in total. The lowest BCUT2D eigenvalue weighted by atomic mass is 10.0. The molecule has 11 heteroatoms. The van der Waals surface area contributed by atoms with Crippen LogP contribution in [-0.4, -0.2) is 87.1 Å². The fraction of sp³-hybridized carbons (Fsp3) is 0.880. The van der Waals surface area contributed by atoms with E-state index in [0.29, 0.717) is 36.1 Å². The van der Waals surface area contributed by atoms with Crippen LogP contribution in [0.5, 0.6) is 0 Å². The highest BCUT2D eigenvalue weighted by molar-refractivity contribution is 7.47. The van der Waals surface area contributed by atoms with Gasteiger partial charge in [-0.25, -0.2) is 4.57 Å². The number of esters is 2. The number of carbonyl (C=O) groups excluding carboxylic acids is 2. The second kappa shape index (κ2) is 38.9. The van der Waals surface area contributed by atoms with Crippen molar-refractivity contribution >= 4 is 19.8 Å². The van der Waals surface area contributed by atoms with Gasteiger partial charge in [0.05, 0.1) is 40.0 Å². The number of carbonyl (C=O) groups is 2. The van der Waals surface area contributed by atoms with E-state index in [-0.39, 0.29) is 32.0 Å². The molecule has 0 bridgehead atoms. The third-order valence-corrected chi connectivity index (χ3v) is 12.4. The van der Waals surface area contributed by atoms with Crippen molar-refractivity contribution in [3.63, 3.8) is 0 Å². The van der Waals surface area contributed by atoms with Crippen LogP contribution in [0.3, 0.4) is 0 Å². The Morgan fingerprint density at radius 2 is 1.05 bits per heavy atom. The van der Waals surface area contributed by atoms with Crippen molar-refractivity contribution in [3.05, 3.63) is 24.3 Å². The molecule has 4 atom stereocenters. The van der Waals surface area contributed by atoms with Crippen LogP contribution in [0.25, 0.3) is 0 Å². The van der Waals surface area contributed by atoms with Gasteiger partial charge in [0.2, 0.25) is 0 Å². The molecule has 0 aromatic heterocycles. The van der Waals surface area contributed by atoms with Gasteiger partial charge in [0, 0.05) is 12.8 Å². The van der Waals surface area contributed by atoms with E-state index in [0.717, 1.165) is 57.8 Å². The van der Waals surface area contributed by atoms with Gasteiger partial charge in [0.25, 0.3) is 0 Å². The molecule has 1 fully saturated rings. The van der Waals surface area contributed by atoms with Crippen molar-refractivity contribution < 1.29 is 46.8 Å². The van der Waals surface area contributed by atoms with Gasteiger partial charge in [-0.3, -0.25) is 18.6 Å². The fourth-order valence-corrected chi connectivity index (χ4v) is 8.05. The number of likely N-dealkylation sites (N-methyl/N-ethyl adjacent to an activating group) is 1. The lowest BCUT2D eigenvalue weighted by molar-refractivity contribution is -0.870. The average Bonchev–Trinajstić information content (AvgIpc) is 3.97. The first kappa shape index (κ1) is 57.5. The minimum Gasteiger partial charge on any atom is -0.462 e. The van der Waals surface area contributed by atoms with E-state index in [4.69, 9.17) is 23.3 Å². The second-order valence-corrected chi connectivity index (χ2v) is 20.0. The summed E-state index contributed by atoms with van der Waals surface area (Å²) in [6.07, 6.45) is 45.3. The number of nitrogens with zero attached hydrogens (tertiary/aromatic N) is 1. The molecule has 0 aromatic carbocycles. The highest BCUT2D eigenvalue weighted by atomic mass is 31.2. The predicted molar refractivity (Wildman–Crippen MR) is 252 cm³/mol. The minimum atomic E-state index is -4.39. The molecule has 1 saturated heterocycles. The molecule has 61 heavy (non-hydrogen) atoms. The Balaban J connectivity index is 2.21. The zero-order valence-corrected chi connectivity index (χ0v) is 41.0. The van der Waals surface area contributed by atoms with Crippen LogP contribution < -0.4 is 0 Å². The Kier molecular flexibility index (Phi) is 36.6. The number of epoxide rings is 1. The third-order valence-electron chi connectivity index (χ3n) is 11.4. The maximum atomic E-state index is 12.8. The monoisotopic (exact) mass is 885 g/mol. The van der Waals surface area contributed by atoms with Gasteiger partial charge < -0.3 is 23.6 Å². The van der Waals surface area contributed by atoms with Crippen LogP contribution in [0.15, 0.2) is 24.3 Å². The molecule has 1 N–H and O–H groups in total. The van der Waals surface area contributed by atoms with Crippen molar-refractivity contribution in [1.29, 1.82) is 0 Å². The summed E-state index contributed by atoms with van der Waals surface area (Å²) in [6.45, 7) is 4.39. The molecule has 0 radical (unpaired) electrons. The molecule has 0 aliphatic carbocycles. The van der Waals surface area contributed by atoms with Crippen molar-refractivity contribution in [2.75, 3.05) is 47.5 Å². The van der Waals surface area contributed by atoms with E-state index in [1.807, 2.05) is 21.1 Å². The summed E-state index contributed by atoms with van der Waals surface area (Å²) in [5, 5.41) is 0. The minimum absolute atomic E-state index is 0.0277. The summed E-state index contributed by atoms with van der Waals surface area (Å²) >= 11 is 0. The lowest BCUT2D eigenvalue weighted by Gasteiger charge is -2.24. The topological polar surface area (TPSA) is 121 Å². The van der Waals surface area contributed by atoms with Gasteiger partial charge in [-0.15, -0.1) is 0 Å². The highest BCUT2D eigenvalue weighted by Crippen LogP contribution is 2.43. The normalized spacial score (nSPS) is 17.0. The first-order valence-electron chi connectivity index (χ1n) is 25.2. The molecule has 3 unspecified atom stereocenters. The van der Waals surface area contributed by atoms with Crippen LogP contribution >= 0.6 is 7.82 Å². The molecule has 1 rings (SSSR count). The number of quaternary nitrogens is 1. The number of hydrogen-bond acceptors (Lipinski definition) is 8. The smallest absolute Gasteiger partial charge is 0.462 e. The van der Waals surface area contributed by atoms with Gasteiger partial charge in [0.1, 0.15) is 19.8 Å². The van der Waals surface area contributed by atoms with E-state index >= 15 is 0 Å². The van der Waals surface area contributed by atoms with Gasteiger partial charge in [-0.05, 0) is 64.2 Å². The molecule has 0 aromatic rings. The molecule has 1 aliphatic rings. The molecule has 1 aliphatic heterocycles. The zero-order valence-electron chi connectivity index (χ0n) is 40.1. The Hall–Kier alpha value is -1.55. The van der Waals surface area contributed by atoms with Crippen LogP contribution in [0.4, 0.5) is 0 Å². The Morgan fingerprint density at radius 1 is 0.590 bits per heavy atom. The Bertz CT molecular complexity index is 1160. The molecule has 0 amide bonds. The van der Waals surface area contributed by atoms with E-state index in [2.05, 4.69) is 38.2 Å². The standard InChI is InChI=1S/C50H94NO9P/c1-6-8-10-12-14-15-16-17-18-19-20-21-22-23-24-25-26-27-28-32-37-41-50(53)59-46(45-58-61(54,55)57-43-42-51(3,4)5)44-56-49(52)40-36-33-29-31-35-39-48-47(60-48)38-34-30-13-11-9-7-2/h17-18,30,34,46-48H,6-16,19-29,31-33,35-45H2,1-5H3/p+1/b18-17-,34-30-/t46-,47?,48?/m1/s1. The fourth-order valence-electron chi connectivity index (χ4n) is 7.31. The second-order valence-electron chi connectivity index (χ2n) is 18.6. The quantitative estimate of drug-likeness (QED) is 0.0159. The predicted octanol–water partition coefficient (Wildman–Crippen LogP) is 13.7. The summed E-state index contributed by atoms with van der Waals surface area (Å²) in [6, 6.07) is 0. The summed E-state index contributed by atoms with van der Waals surface area (Å²) < 4.78 is 40.3. The highest BCUT2D eigenvalue weighted by Gasteiger charge is 2.36. The van der Waals surface area contributed by atoms with Crippen molar-refractivity contribution in [1.82, 2.24) is 0 Å². The Labute approximate surface area is 374 Å². The number of ether oxygens (including phenoxy) is 3. The molecule has 358 valence electrons. The molecule has 0 saturated carbocycles. The molecular formula is C50H95NO9P+. The van der Waals surface area contributed by atoms with Crippen LogP contribution in [0, 0.1) is 0 Å². The van der Waals surface area contributed by atoms with Gasteiger partial charge in [-0.2, -0.15) is 0 Å². The maximum Gasteiger partial charge on any atom is 0.472 e. The van der Waals surface area contributed by atoms with Crippen LogP contribution in [0.1, 0.15) is 219 Å². The summed E-state index contributed by atoms with van der Waals surface area (Å²) in [4.78, 5) is 35.6. The Morgan fingerprint density at radius 3 is 1.61 bits per heavy atom. The van der Waals surface area contributed by atoms with E-state index in [1.165, 1.54) is 122 Å². The molecule has 0 spiro atoms.